The van der Waals surface area contributed by atoms with Crippen LogP contribution in [0.15, 0.2) is 42.5 Å². The highest BCUT2D eigenvalue weighted by molar-refractivity contribution is 7.18. The van der Waals surface area contributed by atoms with E-state index in [0.717, 1.165) is 72.9 Å². The summed E-state index contributed by atoms with van der Waals surface area (Å²) in [7, 11) is 0. The van der Waals surface area contributed by atoms with Gasteiger partial charge in [0.05, 0.1) is 33.6 Å². The average Bonchev–Trinajstić information content (AvgIpc) is 3.47. The lowest BCUT2D eigenvalue weighted by Crippen LogP contribution is -2.51. The van der Waals surface area contributed by atoms with Crippen LogP contribution in [0.25, 0.3) is 10.2 Å². The molecule has 2 aromatic carbocycles. The number of benzene rings is 2. The first kappa shape index (κ1) is 25.0. The van der Waals surface area contributed by atoms with Crippen LogP contribution in [0.3, 0.4) is 0 Å². The number of hydrogen-bond donors (Lipinski definition) is 0. The minimum atomic E-state index is -0.265. The summed E-state index contributed by atoms with van der Waals surface area (Å²) in [6.45, 7) is 8.39. The van der Waals surface area contributed by atoms with Crippen LogP contribution < -0.4 is 4.90 Å². The predicted octanol–water partition coefficient (Wildman–Crippen LogP) is 3.86. The van der Waals surface area contributed by atoms with E-state index in [1.165, 1.54) is 16.2 Å². The van der Waals surface area contributed by atoms with E-state index in [-0.39, 0.29) is 30.2 Å². The number of anilines is 1. The van der Waals surface area contributed by atoms with Crippen molar-refractivity contribution in [1.82, 2.24) is 19.7 Å². The van der Waals surface area contributed by atoms with Gasteiger partial charge in [0, 0.05) is 45.2 Å². The van der Waals surface area contributed by atoms with Gasteiger partial charge in [0.15, 0.2) is 0 Å². The third-order valence-electron chi connectivity index (χ3n) is 8.02. The number of para-hydroxylation sites is 1. The van der Waals surface area contributed by atoms with Gasteiger partial charge in [0.2, 0.25) is 5.91 Å². The minimum absolute atomic E-state index is 0.0219. The van der Waals surface area contributed by atoms with Crippen LogP contribution in [0.4, 0.5) is 5.69 Å². The summed E-state index contributed by atoms with van der Waals surface area (Å²) in [5.74, 6) is -0.234. The van der Waals surface area contributed by atoms with Gasteiger partial charge in [0.25, 0.3) is 11.8 Å². The van der Waals surface area contributed by atoms with E-state index in [1.807, 2.05) is 41.3 Å². The van der Waals surface area contributed by atoms with Gasteiger partial charge in [-0.3, -0.25) is 24.2 Å². The highest BCUT2D eigenvalue weighted by Crippen LogP contribution is 2.35. The number of carbonyl (C=O) groups is 3. The van der Waals surface area contributed by atoms with Crippen molar-refractivity contribution < 1.29 is 14.4 Å². The van der Waals surface area contributed by atoms with Crippen molar-refractivity contribution in [3.05, 3.63) is 58.6 Å². The highest BCUT2D eigenvalue weighted by Gasteiger charge is 2.40. The Kier molecular flexibility index (Phi) is 6.88. The van der Waals surface area contributed by atoms with Crippen molar-refractivity contribution in [2.75, 3.05) is 50.7 Å². The zero-order valence-corrected chi connectivity index (χ0v) is 22.6. The maximum Gasteiger partial charge on any atom is 0.264 e. The van der Waals surface area contributed by atoms with E-state index in [2.05, 4.69) is 21.7 Å². The standard InChI is InChI=1S/C29H33N5O3S/c1-2-12-31-15-17-33(18-16-31)27(35)20-10-13-32(14-11-20)23-8-5-6-21-26(23)29(37)34(28(21)36)19-25-30-22-7-3-4-9-24(22)38-25/h3-9,20H,2,10-19H2,1H3. The van der Waals surface area contributed by atoms with E-state index in [0.29, 0.717) is 24.2 Å². The molecule has 0 unspecified atom stereocenters. The van der Waals surface area contributed by atoms with Gasteiger partial charge >= 0.3 is 0 Å². The zero-order valence-electron chi connectivity index (χ0n) is 21.8. The molecule has 9 heteroatoms. The van der Waals surface area contributed by atoms with Crippen LogP contribution in [0, 0.1) is 5.92 Å². The second-order valence-electron chi connectivity index (χ2n) is 10.4. The van der Waals surface area contributed by atoms with E-state index in [1.54, 1.807) is 6.07 Å². The summed E-state index contributed by atoms with van der Waals surface area (Å²) in [5, 5.41) is 0.747. The Hall–Kier alpha value is -3.30. The molecule has 38 heavy (non-hydrogen) atoms. The molecule has 6 rings (SSSR count). The number of nitrogens with zero attached hydrogens (tertiary/aromatic N) is 5. The van der Waals surface area contributed by atoms with Gasteiger partial charge in [-0.05, 0) is 50.1 Å². The molecule has 2 saturated heterocycles. The molecule has 1 aromatic heterocycles. The fraction of sp³-hybridized carbons (Fsp3) is 0.448. The SMILES string of the molecule is CCCN1CCN(C(=O)C2CCN(c3cccc4c3C(=O)N(Cc3nc5ccccc5s3)C4=O)CC2)CC1. The first-order valence-electron chi connectivity index (χ1n) is 13.6. The highest BCUT2D eigenvalue weighted by atomic mass is 32.1. The molecule has 198 valence electrons. The molecule has 3 aliphatic heterocycles. The number of piperidine rings is 1. The van der Waals surface area contributed by atoms with Crippen LogP contribution >= 0.6 is 11.3 Å². The third kappa shape index (κ3) is 4.58. The number of amides is 3. The third-order valence-corrected chi connectivity index (χ3v) is 9.04. The average molecular weight is 532 g/mol. The summed E-state index contributed by atoms with van der Waals surface area (Å²) >= 11 is 1.51. The first-order valence-corrected chi connectivity index (χ1v) is 14.4. The van der Waals surface area contributed by atoms with Crippen molar-refractivity contribution >= 4 is 45.0 Å². The molecule has 8 nitrogen and oxygen atoms in total. The molecular formula is C29H33N5O3S. The Morgan fingerprint density at radius 3 is 2.45 bits per heavy atom. The number of imide groups is 1. The number of fused-ring (bicyclic) bond motifs is 2. The molecule has 3 aromatic rings. The summed E-state index contributed by atoms with van der Waals surface area (Å²) in [6, 6.07) is 13.4. The quantitative estimate of drug-likeness (QED) is 0.450. The van der Waals surface area contributed by atoms with Crippen molar-refractivity contribution in [3.8, 4) is 0 Å². The van der Waals surface area contributed by atoms with Gasteiger partial charge in [-0.15, -0.1) is 11.3 Å². The van der Waals surface area contributed by atoms with Gasteiger partial charge in [-0.2, -0.15) is 0 Å². The number of thiazole rings is 1. The maximum absolute atomic E-state index is 13.5. The lowest BCUT2D eigenvalue weighted by Gasteiger charge is -2.39. The Balaban J connectivity index is 1.12. The summed E-state index contributed by atoms with van der Waals surface area (Å²) in [6.07, 6.45) is 2.66. The van der Waals surface area contributed by atoms with Crippen LogP contribution in [-0.2, 0) is 11.3 Å². The molecule has 0 radical (unpaired) electrons. The number of rotatable bonds is 6. The molecule has 3 amide bonds. The lowest BCUT2D eigenvalue weighted by molar-refractivity contribution is -0.138. The second kappa shape index (κ2) is 10.5. The van der Waals surface area contributed by atoms with Crippen LogP contribution in [0.1, 0.15) is 51.9 Å². The Labute approximate surface area is 226 Å². The number of piperazine rings is 1. The molecule has 4 heterocycles. The van der Waals surface area contributed by atoms with Crippen molar-refractivity contribution in [1.29, 1.82) is 0 Å². The van der Waals surface area contributed by atoms with Gasteiger partial charge in [0.1, 0.15) is 5.01 Å². The fourth-order valence-electron chi connectivity index (χ4n) is 5.98. The van der Waals surface area contributed by atoms with Gasteiger partial charge < -0.3 is 9.80 Å². The number of carbonyl (C=O) groups excluding carboxylic acids is 3. The largest absolute Gasteiger partial charge is 0.371 e. The molecular weight excluding hydrogens is 498 g/mol. The van der Waals surface area contributed by atoms with E-state index >= 15 is 0 Å². The van der Waals surface area contributed by atoms with Crippen molar-refractivity contribution in [3.63, 3.8) is 0 Å². The van der Waals surface area contributed by atoms with E-state index < -0.39 is 0 Å². The summed E-state index contributed by atoms with van der Waals surface area (Å²) < 4.78 is 1.04. The van der Waals surface area contributed by atoms with Gasteiger partial charge in [-0.1, -0.05) is 25.1 Å². The second-order valence-corrected chi connectivity index (χ2v) is 11.5. The van der Waals surface area contributed by atoms with Crippen LogP contribution in [-0.4, -0.2) is 83.2 Å². The maximum atomic E-state index is 13.5. The Bertz CT molecular complexity index is 1340. The Morgan fingerprint density at radius 2 is 1.71 bits per heavy atom. The van der Waals surface area contributed by atoms with E-state index in [4.69, 9.17) is 0 Å². The zero-order chi connectivity index (χ0) is 26.2. The topological polar surface area (TPSA) is 77.1 Å². The lowest BCUT2D eigenvalue weighted by atomic mass is 9.93. The fourth-order valence-corrected chi connectivity index (χ4v) is 6.94. The molecule has 0 N–H and O–H groups in total. The van der Waals surface area contributed by atoms with Gasteiger partial charge in [-0.25, -0.2) is 4.98 Å². The van der Waals surface area contributed by atoms with Crippen LogP contribution in [0.5, 0.6) is 0 Å². The molecule has 2 fully saturated rings. The molecule has 0 aliphatic carbocycles. The smallest absolute Gasteiger partial charge is 0.264 e. The normalized spacial score (nSPS) is 19.0. The monoisotopic (exact) mass is 531 g/mol. The predicted molar refractivity (Wildman–Crippen MR) is 149 cm³/mol. The summed E-state index contributed by atoms with van der Waals surface area (Å²) in [5.41, 5.74) is 2.61. The number of aromatic nitrogens is 1. The van der Waals surface area contributed by atoms with Crippen LogP contribution in [0.2, 0.25) is 0 Å². The molecule has 0 atom stereocenters. The number of hydrogen-bond acceptors (Lipinski definition) is 7. The van der Waals surface area contributed by atoms with E-state index in [9.17, 15) is 14.4 Å². The first-order chi connectivity index (χ1) is 18.5. The molecule has 3 aliphatic rings. The van der Waals surface area contributed by atoms with Crippen molar-refractivity contribution in [2.45, 2.75) is 32.7 Å². The molecule has 0 saturated carbocycles. The molecule has 0 bridgehead atoms. The minimum Gasteiger partial charge on any atom is -0.371 e. The summed E-state index contributed by atoms with van der Waals surface area (Å²) in [4.78, 5) is 52.6. The Morgan fingerprint density at radius 1 is 0.947 bits per heavy atom. The molecule has 0 spiro atoms. The van der Waals surface area contributed by atoms with Crippen molar-refractivity contribution in [2.24, 2.45) is 5.92 Å².